The fourth-order valence-corrected chi connectivity index (χ4v) is 3.51. The minimum atomic E-state index is -1.00. The number of hydrogen-bond donors (Lipinski definition) is 2. The van der Waals surface area contributed by atoms with Crippen molar-refractivity contribution in [1.29, 1.82) is 0 Å². The molecule has 0 radical (unpaired) electrons. The van der Waals surface area contributed by atoms with Crippen LogP contribution in [0.1, 0.15) is 31.4 Å². The molecule has 1 atom stereocenters. The molecule has 2 aromatic carbocycles. The number of carboxylic acid groups (broad SMARTS) is 1. The van der Waals surface area contributed by atoms with Crippen molar-refractivity contribution in [3.8, 4) is 0 Å². The van der Waals surface area contributed by atoms with Crippen molar-refractivity contribution in [2.24, 2.45) is 5.73 Å². The maximum absolute atomic E-state index is 13.0. The normalized spacial score (nSPS) is 16.5. The van der Waals surface area contributed by atoms with Crippen LogP contribution in [0.2, 0.25) is 5.02 Å². The third kappa shape index (κ3) is 3.08. The summed E-state index contributed by atoms with van der Waals surface area (Å²) in [5, 5.41) is 9.40. The lowest BCUT2D eigenvalue weighted by Gasteiger charge is -2.21. The molecule has 0 aliphatic carbocycles. The van der Waals surface area contributed by atoms with Crippen LogP contribution in [0.4, 0.5) is 11.4 Å². The van der Waals surface area contributed by atoms with E-state index >= 15 is 0 Å². The fourth-order valence-electron chi connectivity index (χ4n) is 3.25. The molecular formula is C20H21ClN2O3. The monoisotopic (exact) mass is 372 g/mol. The van der Waals surface area contributed by atoms with Gasteiger partial charge in [0, 0.05) is 5.69 Å². The number of carboxylic acids is 1. The topological polar surface area (TPSA) is 83.6 Å². The first-order valence-electron chi connectivity index (χ1n) is 8.44. The predicted octanol–water partition coefficient (Wildman–Crippen LogP) is 3.64. The molecule has 3 rings (SSSR count). The van der Waals surface area contributed by atoms with E-state index in [0.29, 0.717) is 17.9 Å². The molecule has 0 saturated carbocycles. The predicted molar refractivity (Wildman–Crippen MR) is 102 cm³/mol. The smallest absolute Gasteiger partial charge is 0.320 e. The van der Waals surface area contributed by atoms with E-state index in [1.807, 2.05) is 50.2 Å². The zero-order valence-corrected chi connectivity index (χ0v) is 15.5. The molecule has 0 saturated heterocycles. The third-order valence-corrected chi connectivity index (χ3v) is 5.18. The summed E-state index contributed by atoms with van der Waals surface area (Å²) < 4.78 is 0. The Morgan fingerprint density at radius 2 is 1.88 bits per heavy atom. The molecule has 0 spiro atoms. The average molecular weight is 373 g/mol. The standard InChI is InChI=1S/C20H21ClN2O3/c1-20(2)14-4-3-5-15(21)17(14)23(19(20)26)13-9-6-12(7-10-13)8-11-16(22)18(24)25/h3-7,9-10,16H,8,11,22H2,1-2H3,(H,24,25)/t16-/m0/s1. The number of carbonyl (C=O) groups excluding carboxylic acids is 1. The maximum Gasteiger partial charge on any atom is 0.320 e. The molecule has 1 amide bonds. The first-order chi connectivity index (χ1) is 12.2. The van der Waals surface area contributed by atoms with Crippen LogP contribution in [0.3, 0.4) is 0 Å². The highest BCUT2D eigenvalue weighted by molar-refractivity contribution is 6.35. The van der Waals surface area contributed by atoms with Crippen molar-refractivity contribution in [1.82, 2.24) is 0 Å². The van der Waals surface area contributed by atoms with E-state index < -0.39 is 17.4 Å². The highest BCUT2D eigenvalue weighted by Gasteiger charge is 2.45. The first kappa shape index (κ1) is 18.4. The van der Waals surface area contributed by atoms with Gasteiger partial charge in [0.1, 0.15) is 6.04 Å². The van der Waals surface area contributed by atoms with Crippen LogP contribution < -0.4 is 10.6 Å². The summed E-state index contributed by atoms with van der Waals surface area (Å²) in [5.41, 5.74) is 8.24. The summed E-state index contributed by atoms with van der Waals surface area (Å²) in [6, 6.07) is 12.2. The number of hydrogen-bond acceptors (Lipinski definition) is 3. The zero-order valence-electron chi connectivity index (χ0n) is 14.7. The molecule has 1 heterocycles. The average Bonchev–Trinajstić information content (AvgIpc) is 2.81. The lowest BCUT2D eigenvalue weighted by molar-refractivity contribution is -0.138. The van der Waals surface area contributed by atoms with Crippen molar-refractivity contribution < 1.29 is 14.7 Å². The quantitative estimate of drug-likeness (QED) is 0.839. The highest BCUT2D eigenvalue weighted by atomic mass is 35.5. The number of nitrogens with two attached hydrogens (primary N) is 1. The lowest BCUT2D eigenvalue weighted by Crippen LogP contribution is -2.33. The van der Waals surface area contributed by atoms with Crippen molar-refractivity contribution >= 4 is 34.9 Å². The summed E-state index contributed by atoms with van der Waals surface area (Å²) in [7, 11) is 0. The molecule has 3 N–H and O–H groups in total. The van der Waals surface area contributed by atoms with Gasteiger partial charge in [0.2, 0.25) is 5.91 Å². The minimum absolute atomic E-state index is 0.0266. The Bertz CT molecular complexity index is 862. The summed E-state index contributed by atoms with van der Waals surface area (Å²) in [4.78, 5) is 25.5. The molecule has 1 aliphatic rings. The van der Waals surface area contributed by atoms with Crippen LogP contribution in [0.25, 0.3) is 0 Å². The lowest BCUT2D eigenvalue weighted by atomic mass is 9.86. The number of aryl methyl sites for hydroxylation is 1. The zero-order chi connectivity index (χ0) is 19.1. The van der Waals surface area contributed by atoms with Gasteiger partial charge in [0.05, 0.1) is 16.1 Å². The van der Waals surface area contributed by atoms with Crippen LogP contribution in [-0.2, 0) is 21.4 Å². The number of carbonyl (C=O) groups is 2. The van der Waals surface area contributed by atoms with E-state index in [4.69, 9.17) is 22.4 Å². The second-order valence-electron chi connectivity index (χ2n) is 7.05. The SMILES string of the molecule is CC1(C)C(=O)N(c2ccc(CC[C@H](N)C(=O)O)cc2)c2c(Cl)cccc21. The highest BCUT2D eigenvalue weighted by Crippen LogP contribution is 2.48. The van der Waals surface area contributed by atoms with Gasteiger partial charge < -0.3 is 10.8 Å². The molecule has 0 fully saturated rings. The molecular weight excluding hydrogens is 352 g/mol. The van der Waals surface area contributed by atoms with Crippen molar-refractivity contribution in [2.45, 2.75) is 38.1 Å². The first-order valence-corrected chi connectivity index (χ1v) is 8.82. The van der Waals surface area contributed by atoms with Crippen LogP contribution in [0.15, 0.2) is 42.5 Å². The van der Waals surface area contributed by atoms with Crippen molar-refractivity contribution in [3.63, 3.8) is 0 Å². The molecule has 0 aromatic heterocycles. The number of fused-ring (bicyclic) bond motifs is 1. The number of anilines is 2. The second-order valence-corrected chi connectivity index (χ2v) is 7.46. The summed E-state index contributed by atoms with van der Waals surface area (Å²) in [6.45, 7) is 3.79. The number of amides is 1. The van der Waals surface area contributed by atoms with Gasteiger partial charge in [-0.3, -0.25) is 14.5 Å². The van der Waals surface area contributed by atoms with Crippen molar-refractivity contribution in [3.05, 3.63) is 58.6 Å². The van der Waals surface area contributed by atoms with Gasteiger partial charge in [-0.1, -0.05) is 35.9 Å². The number of aliphatic carboxylic acids is 1. The largest absolute Gasteiger partial charge is 0.480 e. The number of benzene rings is 2. The molecule has 26 heavy (non-hydrogen) atoms. The Kier molecular flexibility index (Phi) is 4.78. The molecule has 6 heteroatoms. The van der Waals surface area contributed by atoms with Crippen LogP contribution >= 0.6 is 11.6 Å². The molecule has 0 unspecified atom stereocenters. The van der Waals surface area contributed by atoms with E-state index in [1.165, 1.54) is 0 Å². The van der Waals surface area contributed by atoms with Crippen LogP contribution in [0, 0.1) is 0 Å². The summed E-state index contributed by atoms with van der Waals surface area (Å²) in [5.74, 6) is -1.03. The van der Waals surface area contributed by atoms with Gasteiger partial charge in [-0.2, -0.15) is 0 Å². The number of nitrogens with zero attached hydrogens (tertiary/aromatic N) is 1. The molecule has 0 bridgehead atoms. The summed E-state index contributed by atoms with van der Waals surface area (Å²) >= 11 is 6.39. The minimum Gasteiger partial charge on any atom is -0.480 e. The van der Waals surface area contributed by atoms with Gasteiger partial charge in [0.15, 0.2) is 0 Å². The van der Waals surface area contributed by atoms with E-state index in [2.05, 4.69) is 0 Å². The Balaban J connectivity index is 1.89. The maximum atomic E-state index is 13.0. The molecule has 1 aliphatic heterocycles. The van der Waals surface area contributed by atoms with Gasteiger partial charge in [0.25, 0.3) is 0 Å². The van der Waals surface area contributed by atoms with Crippen LogP contribution in [0.5, 0.6) is 0 Å². The van der Waals surface area contributed by atoms with Gasteiger partial charge in [-0.05, 0) is 56.0 Å². The molecule has 5 nitrogen and oxygen atoms in total. The van der Waals surface area contributed by atoms with Crippen LogP contribution in [-0.4, -0.2) is 23.0 Å². The van der Waals surface area contributed by atoms with E-state index in [-0.39, 0.29) is 5.91 Å². The van der Waals surface area contributed by atoms with Gasteiger partial charge in [-0.25, -0.2) is 0 Å². The molecule has 2 aromatic rings. The summed E-state index contributed by atoms with van der Waals surface area (Å²) in [6.07, 6.45) is 0.920. The Hall–Kier alpha value is -2.37. The Labute approximate surface area is 157 Å². The Morgan fingerprint density at radius 1 is 1.23 bits per heavy atom. The second kappa shape index (κ2) is 6.74. The number of rotatable bonds is 5. The third-order valence-electron chi connectivity index (χ3n) is 4.88. The van der Waals surface area contributed by atoms with E-state index in [0.717, 1.165) is 22.5 Å². The Morgan fingerprint density at radius 3 is 2.50 bits per heavy atom. The van der Waals surface area contributed by atoms with E-state index in [9.17, 15) is 9.59 Å². The van der Waals surface area contributed by atoms with Crippen molar-refractivity contribution in [2.75, 3.05) is 4.90 Å². The van der Waals surface area contributed by atoms with Gasteiger partial charge >= 0.3 is 5.97 Å². The van der Waals surface area contributed by atoms with Gasteiger partial charge in [-0.15, -0.1) is 0 Å². The number of para-hydroxylation sites is 1. The number of halogens is 1. The fraction of sp³-hybridized carbons (Fsp3) is 0.300. The van der Waals surface area contributed by atoms with E-state index in [1.54, 1.807) is 11.0 Å². The molecule has 136 valence electrons.